The Balaban J connectivity index is 2.81. The molecule has 6 heteroatoms. The van der Waals surface area contributed by atoms with Crippen molar-refractivity contribution < 1.29 is 9.53 Å². The van der Waals surface area contributed by atoms with Crippen LogP contribution in [0.1, 0.15) is 35.7 Å². The fourth-order valence-electron chi connectivity index (χ4n) is 1.85. The Hall–Kier alpha value is -1.62. The molecule has 0 aliphatic heterocycles. The second kappa shape index (κ2) is 4.33. The number of hydrogen-bond donors (Lipinski definition) is 0. The highest BCUT2D eigenvalue weighted by Crippen LogP contribution is 2.29. The van der Waals surface area contributed by atoms with Gasteiger partial charge in [-0.05, 0) is 11.5 Å². The van der Waals surface area contributed by atoms with Gasteiger partial charge in [-0.1, -0.05) is 25.4 Å². The predicted molar refractivity (Wildman–Crippen MR) is 63.4 cm³/mol. The highest BCUT2D eigenvalue weighted by Gasteiger charge is 2.22. The number of esters is 1. The Morgan fingerprint density at radius 2 is 2.24 bits per heavy atom. The SMILES string of the molecule is COC(=O)c1cn2ncnc(Cl)c2c1C(C)C. The normalized spacial score (nSPS) is 11.1. The van der Waals surface area contributed by atoms with Gasteiger partial charge >= 0.3 is 5.97 Å². The van der Waals surface area contributed by atoms with E-state index < -0.39 is 5.97 Å². The number of nitrogens with zero attached hydrogens (tertiary/aromatic N) is 3. The standard InChI is InChI=1S/C11H12ClN3O2/c1-6(2)8-7(11(16)17-3)4-15-9(8)10(12)13-5-14-15/h4-6H,1-3H3. The minimum absolute atomic E-state index is 0.123. The van der Waals surface area contributed by atoms with E-state index in [9.17, 15) is 4.79 Å². The summed E-state index contributed by atoms with van der Waals surface area (Å²) in [5, 5.41) is 4.37. The third-order valence-corrected chi connectivity index (χ3v) is 2.83. The molecule has 0 spiro atoms. The molecular weight excluding hydrogens is 242 g/mol. The lowest BCUT2D eigenvalue weighted by molar-refractivity contribution is 0.0599. The van der Waals surface area contributed by atoms with Crippen molar-refractivity contribution in [2.45, 2.75) is 19.8 Å². The molecule has 0 aliphatic carbocycles. The van der Waals surface area contributed by atoms with Crippen LogP contribution in [-0.4, -0.2) is 27.7 Å². The highest BCUT2D eigenvalue weighted by molar-refractivity contribution is 6.32. The first kappa shape index (κ1) is 11.9. The maximum Gasteiger partial charge on any atom is 0.339 e. The lowest BCUT2D eigenvalue weighted by Crippen LogP contribution is -2.04. The molecule has 0 saturated carbocycles. The van der Waals surface area contributed by atoms with Gasteiger partial charge in [0.1, 0.15) is 11.8 Å². The van der Waals surface area contributed by atoms with E-state index in [0.717, 1.165) is 5.56 Å². The van der Waals surface area contributed by atoms with Crippen molar-refractivity contribution in [3.8, 4) is 0 Å². The summed E-state index contributed by atoms with van der Waals surface area (Å²) >= 11 is 6.04. The van der Waals surface area contributed by atoms with Gasteiger partial charge in [-0.15, -0.1) is 0 Å². The molecule has 17 heavy (non-hydrogen) atoms. The Labute approximate surface area is 103 Å². The summed E-state index contributed by atoms with van der Waals surface area (Å²) in [5.41, 5.74) is 1.94. The van der Waals surface area contributed by atoms with Crippen LogP contribution in [0.2, 0.25) is 5.15 Å². The Morgan fingerprint density at radius 1 is 1.53 bits per heavy atom. The molecule has 0 aromatic carbocycles. The van der Waals surface area contributed by atoms with Gasteiger partial charge in [-0.2, -0.15) is 5.10 Å². The van der Waals surface area contributed by atoms with Crippen molar-refractivity contribution in [1.29, 1.82) is 0 Å². The highest BCUT2D eigenvalue weighted by atomic mass is 35.5. The molecule has 0 atom stereocenters. The third-order valence-electron chi connectivity index (χ3n) is 2.55. The number of fused-ring (bicyclic) bond motifs is 1. The van der Waals surface area contributed by atoms with Crippen LogP contribution < -0.4 is 0 Å². The van der Waals surface area contributed by atoms with Crippen LogP contribution in [-0.2, 0) is 4.74 Å². The average Bonchev–Trinajstić information content (AvgIpc) is 2.68. The van der Waals surface area contributed by atoms with E-state index in [1.807, 2.05) is 13.8 Å². The van der Waals surface area contributed by atoms with Crippen LogP contribution >= 0.6 is 11.6 Å². The van der Waals surface area contributed by atoms with E-state index in [4.69, 9.17) is 16.3 Å². The van der Waals surface area contributed by atoms with Crippen molar-refractivity contribution in [3.63, 3.8) is 0 Å². The Morgan fingerprint density at radius 3 is 2.82 bits per heavy atom. The summed E-state index contributed by atoms with van der Waals surface area (Å²) in [6, 6.07) is 0. The molecule has 2 heterocycles. The van der Waals surface area contributed by atoms with Crippen LogP contribution in [0.4, 0.5) is 0 Å². The summed E-state index contributed by atoms with van der Waals surface area (Å²) in [6.07, 6.45) is 2.96. The molecule has 5 nitrogen and oxygen atoms in total. The van der Waals surface area contributed by atoms with Crippen molar-refractivity contribution in [2.75, 3.05) is 7.11 Å². The molecule has 0 radical (unpaired) electrons. The Bertz CT molecular complexity index is 577. The molecule has 0 N–H and O–H groups in total. The molecule has 0 amide bonds. The van der Waals surface area contributed by atoms with Crippen LogP contribution in [0.15, 0.2) is 12.5 Å². The minimum Gasteiger partial charge on any atom is -0.465 e. The van der Waals surface area contributed by atoms with Crippen molar-refractivity contribution in [2.24, 2.45) is 0 Å². The van der Waals surface area contributed by atoms with Gasteiger partial charge in [0.2, 0.25) is 0 Å². The second-order valence-electron chi connectivity index (χ2n) is 3.95. The lowest BCUT2D eigenvalue weighted by atomic mass is 10.0. The van der Waals surface area contributed by atoms with Crippen molar-refractivity contribution >= 4 is 23.1 Å². The number of carbonyl (C=O) groups excluding carboxylic acids is 1. The van der Waals surface area contributed by atoms with E-state index in [2.05, 4.69) is 10.1 Å². The zero-order valence-electron chi connectivity index (χ0n) is 9.77. The quantitative estimate of drug-likeness (QED) is 0.771. The van der Waals surface area contributed by atoms with Crippen LogP contribution in [0.25, 0.3) is 5.52 Å². The van der Waals surface area contributed by atoms with Gasteiger partial charge in [-0.3, -0.25) is 0 Å². The number of carbonyl (C=O) groups is 1. The van der Waals surface area contributed by atoms with E-state index in [1.54, 1.807) is 10.7 Å². The minimum atomic E-state index is -0.393. The van der Waals surface area contributed by atoms with Gasteiger partial charge in [0.25, 0.3) is 0 Å². The van der Waals surface area contributed by atoms with Gasteiger partial charge in [0, 0.05) is 6.20 Å². The van der Waals surface area contributed by atoms with E-state index in [-0.39, 0.29) is 5.92 Å². The summed E-state index contributed by atoms with van der Waals surface area (Å²) in [4.78, 5) is 15.6. The fraction of sp³-hybridized carbons (Fsp3) is 0.364. The summed E-state index contributed by atoms with van der Waals surface area (Å²) < 4.78 is 6.31. The molecular formula is C11H12ClN3O2. The number of halogens is 1. The van der Waals surface area contributed by atoms with Gasteiger partial charge in [0.15, 0.2) is 5.15 Å². The van der Waals surface area contributed by atoms with Crippen molar-refractivity contribution in [1.82, 2.24) is 14.6 Å². The molecule has 0 saturated heterocycles. The summed E-state index contributed by atoms with van der Waals surface area (Å²) in [6.45, 7) is 3.95. The number of methoxy groups -OCH3 is 1. The van der Waals surface area contributed by atoms with E-state index in [1.165, 1.54) is 13.4 Å². The van der Waals surface area contributed by atoms with Crippen LogP contribution in [0, 0.1) is 0 Å². The maximum atomic E-state index is 11.7. The zero-order chi connectivity index (χ0) is 12.6. The molecule has 0 bridgehead atoms. The smallest absolute Gasteiger partial charge is 0.339 e. The number of hydrogen-bond acceptors (Lipinski definition) is 4. The largest absolute Gasteiger partial charge is 0.465 e. The first-order chi connectivity index (χ1) is 8.06. The first-order valence-electron chi connectivity index (χ1n) is 5.16. The van der Waals surface area contributed by atoms with Crippen LogP contribution in [0.3, 0.4) is 0 Å². The number of rotatable bonds is 2. The molecule has 90 valence electrons. The predicted octanol–water partition coefficient (Wildman–Crippen LogP) is 2.29. The molecule has 2 aromatic heterocycles. The maximum absolute atomic E-state index is 11.7. The molecule has 0 aliphatic rings. The third kappa shape index (κ3) is 1.86. The fourth-order valence-corrected chi connectivity index (χ4v) is 2.09. The van der Waals surface area contributed by atoms with E-state index >= 15 is 0 Å². The number of aromatic nitrogens is 3. The topological polar surface area (TPSA) is 56.5 Å². The molecule has 0 fully saturated rings. The van der Waals surface area contributed by atoms with Crippen molar-refractivity contribution in [3.05, 3.63) is 28.8 Å². The van der Waals surface area contributed by atoms with E-state index in [0.29, 0.717) is 16.2 Å². The lowest BCUT2D eigenvalue weighted by Gasteiger charge is -2.06. The van der Waals surface area contributed by atoms with Gasteiger partial charge in [0.05, 0.1) is 12.7 Å². The molecule has 0 unspecified atom stereocenters. The second-order valence-corrected chi connectivity index (χ2v) is 4.30. The zero-order valence-corrected chi connectivity index (χ0v) is 10.5. The van der Waals surface area contributed by atoms with Gasteiger partial charge < -0.3 is 4.74 Å². The summed E-state index contributed by atoms with van der Waals surface area (Å²) in [7, 11) is 1.35. The van der Waals surface area contributed by atoms with Gasteiger partial charge in [-0.25, -0.2) is 14.3 Å². The molecule has 2 rings (SSSR count). The summed E-state index contributed by atoms with van der Waals surface area (Å²) in [5.74, 6) is -0.270. The number of ether oxygens (including phenoxy) is 1. The Kier molecular flexibility index (Phi) is 3.02. The molecule has 2 aromatic rings. The monoisotopic (exact) mass is 253 g/mol. The first-order valence-corrected chi connectivity index (χ1v) is 5.54. The van der Waals surface area contributed by atoms with Crippen LogP contribution in [0.5, 0.6) is 0 Å². The average molecular weight is 254 g/mol.